The molecule has 4 rings (SSSR count). The largest absolute Gasteiger partial charge is 0.491 e. The molecule has 0 atom stereocenters. The van der Waals surface area contributed by atoms with Gasteiger partial charge in [-0.3, -0.25) is 4.90 Å². The summed E-state index contributed by atoms with van der Waals surface area (Å²) in [5.41, 5.74) is 3.10. The fourth-order valence-corrected chi connectivity index (χ4v) is 4.09. The second-order valence-electron chi connectivity index (χ2n) is 8.84. The van der Waals surface area contributed by atoms with E-state index in [-0.39, 0.29) is 0 Å². The molecule has 0 saturated carbocycles. The molecule has 0 N–H and O–H groups in total. The number of anilines is 1. The maximum absolute atomic E-state index is 5.99. The molecular formula is C28H37N3O6. The first-order valence-electron chi connectivity index (χ1n) is 12.6. The van der Waals surface area contributed by atoms with Crippen LogP contribution in [0.3, 0.4) is 0 Å². The number of morpholine rings is 1. The zero-order chi connectivity index (χ0) is 25.7. The molecule has 37 heavy (non-hydrogen) atoms. The Morgan fingerprint density at radius 1 is 0.838 bits per heavy atom. The molecule has 2 heterocycles. The fraction of sp³-hybridized carbons (Fsp3) is 0.464. The Labute approximate surface area is 218 Å². The van der Waals surface area contributed by atoms with E-state index in [0.29, 0.717) is 45.5 Å². The smallest absolute Gasteiger partial charge is 0.298 e. The van der Waals surface area contributed by atoms with E-state index in [4.69, 9.17) is 33.1 Å². The molecule has 1 aromatic heterocycles. The zero-order valence-corrected chi connectivity index (χ0v) is 21.8. The van der Waals surface area contributed by atoms with Crippen molar-refractivity contribution < 1.29 is 28.1 Å². The molecule has 1 aliphatic rings. The molecule has 0 aliphatic carbocycles. The van der Waals surface area contributed by atoms with Crippen LogP contribution in [-0.2, 0) is 33.8 Å². The van der Waals surface area contributed by atoms with E-state index >= 15 is 0 Å². The summed E-state index contributed by atoms with van der Waals surface area (Å²) in [6, 6.07) is 16.7. The maximum atomic E-state index is 5.99. The van der Waals surface area contributed by atoms with E-state index < -0.39 is 0 Å². The van der Waals surface area contributed by atoms with E-state index in [1.54, 1.807) is 20.5 Å². The lowest BCUT2D eigenvalue weighted by Gasteiger charge is -2.25. The van der Waals surface area contributed by atoms with Gasteiger partial charge in [0.25, 0.3) is 6.01 Å². The van der Waals surface area contributed by atoms with E-state index in [9.17, 15) is 0 Å². The number of oxazole rings is 1. The molecule has 2 aromatic carbocycles. The van der Waals surface area contributed by atoms with Gasteiger partial charge in [0.05, 0.1) is 32.1 Å². The van der Waals surface area contributed by atoms with Crippen LogP contribution >= 0.6 is 0 Å². The second kappa shape index (κ2) is 14.6. The number of ether oxygens (including phenoxy) is 5. The second-order valence-corrected chi connectivity index (χ2v) is 8.84. The number of methoxy groups -OCH3 is 2. The molecule has 0 bridgehead atoms. The molecule has 200 valence electrons. The Balaban J connectivity index is 1.50. The van der Waals surface area contributed by atoms with Gasteiger partial charge in [-0.15, -0.1) is 0 Å². The molecule has 0 unspecified atom stereocenters. The SMILES string of the molecule is COCCOc1cccc(CN(Cc2cccc(OCCOC)c2)c2nc(CN3CCOCC3)co2)c1. The molecule has 1 fully saturated rings. The highest BCUT2D eigenvalue weighted by molar-refractivity contribution is 5.37. The van der Waals surface area contributed by atoms with Crippen LogP contribution in [0, 0.1) is 0 Å². The maximum Gasteiger partial charge on any atom is 0.298 e. The van der Waals surface area contributed by atoms with Crippen LogP contribution in [0.5, 0.6) is 11.5 Å². The Kier molecular flexibility index (Phi) is 10.6. The molecule has 1 saturated heterocycles. The third-order valence-corrected chi connectivity index (χ3v) is 5.96. The highest BCUT2D eigenvalue weighted by Crippen LogP contribution is 2.24. The van der Waals surface area contributed by atoms with Gasteiger partial charge in [-0.25, -0.2) is 0 Å². The van der Waals surface area contributed by atoms with Crippen molar-refractivity contribution in [1.82, 2.24) is 9.88 Å². The van der Waals surface area contributed by atoms with Gasteiger partial charge >= 0.3 is 0 Å². The molecule has 0 radical (unpaired) electrons. The fourth-order valence-electron chi connectivity index (χ4n) is 4.09. The highest BCUT2D eigenvalue weighted by Gasteiger charge is 2.18. The van der Waals surface area contributed by atoms with Crippen molar-refractivity contribution in [2.45, 2.75) is 19.6 Å². The first-order valence-corrected chi connectivity index (χ1v) is 12.6. The normalized spacial score (nSPS) is 14.0. The van der Waals surface area contributed by atoms with E-state index in [1.165, 1.54) is 0 Å². The summed E-state index contributed by atoms with van der Waals surface area (Å²) in [6.45, 7) is 7.35. The van der Waals surface area contributed by atoms with Crippen LogP contribution in [0.2, 0.25) is 0 Å². The Bertz CT molecular complexity index is 1010. The summed E-state index contributed by atoms with van der Waals surface area (Å²) >= 11 is 0. The van der Waals surface area contributed by atoms with Gasteiger partial charge in [0, 0.05) is 46.9 Å². The Hall–Kier alpha value is -3.11. The summed E-state index contributed by atoms with van der Waals surface area (Å²) in [5, 5.41) is 0. The molecule has 1 aliphatic heterocycles. The predicted octanol–water partition coefficient (Wildman–Crippen LogP) is 3.76. The van der Waals surface area contributed by atoms with Crippen molar-refractivity contribution in [2.75, 3.05) is 71.9 Å². The number of hydrogen-bond donors (Lipinski definition) is 0. The van der Waals surface area contributed by atoms with Gasteiger partial charge in [-0.05, 0) is 35.4 Å². The Morgan fingerprint density at radius 3 is 2.00 bits per heavy atom. The van der Waals surface area contributed by atoms with Crippen molar-refractivity contribution >= 4 is 6.01 Å². The minimum atomic E-state index is 0.504. The molecule has 0 amide bonds. The molecule has 9 nitrogen and oxygen atoms in total. The average Bonchev–Trinajstić information content (AvgIpc) is 3.38. The monoisotopic (exact) mass is 511 g/mol. The molecule has 9 heteroatoms. The molecule has 0 spiro atoms. The summed E-state index contributed by atoms with van der Waals surface area (Å²) in [7, 11) is 3.33. The summed E-state index contributed by atoms with van der Waals surface area (Å²) in [4.78, 5) is 9.31. The van der Waals surface area contributed by atoms with Crippen molar-refractivity contribution in [3.05, 3.63) is 71.6 Å². The van der Waals surface area contributed by atoms with Crippen LogP contribution in [-0.4, -0.2) is 76.8 Å². The van der Waals surface area contributed by atoms with E-state index in [1.807, 2.05) is 36.4 Å². The number of hydrogen-bond acceptors (Lipinski definition) is 9. The third kappa shape index (κ3) is 8.75. The lowest BCUT2D eigenvalue weighted by Crippen LogP contribution is -2.35. The van der Waals surface area contributed by atoms with Crippen molar-refractivity contribution in [2.24, 2.45) is 0 Å². The van der Waals surface area contributed by atoms with Gasteiger partial charge in [-0.2, -0.15) is 4.98 Å². The van der Waals surface area contributed by atoms with Crippen LogP contribution in [0.15, 0.2) is 59.2 Å². The van der Waals surface area contributed by atoms with Crippen LogP contribution < -0.4 is 14.4 Å². The number of benzene rings is 2. The van der Waals surface area contributed by atoms with Crippen LogP contribution in [0.1, 0.15) is 16.8 Å². The summed E-state index contributed by atoms with van der Waals surface area (Å²) in [5.74, 6) is 1.62. The van der Waals surface area contributed by atoms with Crippen molar-refractivity contribution in [3.8, 4) is 11.5 Å². The number of rotatable bonds is 15. The molecular weight excluding hydrogens is 474 g/mol. The zero-order valence-electron chi connectivity index (χ0n) is 21.8. The predicted molar refractivity (Wildman–Crippen MR) is 140 cm³/mol. The molecule has 3 aromatic rings. The van der Waals surface area contributed by atoms with Gasteiger partial charge in [0.15, 0.2) is 0 Å². The standard InChI is InChI=1S/C28H37N3O6/c1-32-13-15-35-26-7-3-5-23(17-26)19-31(20-24-6-4-8-27(18-24)36-16-14-33-2)28-29-25(22-37-28)21-30-9-11-34-12-10-30/h3-8,17-18,22H,9-16,19-21H2,1-2H3. The third-order valence-electron chi connectivity index (χ3n) is 5.96. The first-order chi connectivity index (χ1) is 18.2. The number of aromatic nitrogens is 1. The number of nitrogens with zero attached hydrogens (tertiary/aromatic N) is 3. The quantitative estimate of drug-likeness (QED) is 0.283. The van der Waals surface area contributed by atoms with Crippen molar-refractivity contribution in [1.29, 1.82) is 0 Å². The highest BCUT2D eigenvalue weighted by atomic mass is 16.5. The van der Waals surface area contributed by atoms with Crippen LogP contribution in [0.4, 0.5) is 6.01 Å². The summed E-state index contributed by atoms with van der Waals surface area (Å²) < 4.78 is 33.3. The first kappa shape index (κ1) is 26.9. The topological polar surface area (TPSA) is 78.7 Å². The van der Waals surface area contributed by atoms with Gasteiger partial charge in [-0.1, -0.05) is 24.3 Å². The minimum absolute atomic E-state index is 0.504. The van der Waals surface area contributed by atoms with Gasteiger partial charge in [0.1, 0.15) is 31.0 Å². The lowest BCUT2D eigenvalue weighted by molar-refractivity contribution is 0.0336. The average molecular weight is 512 g/mol. The summed E-state index contributed by atoms with van der Waals surface area (Å²) in [6.07, 6.45) is 1.76. The van der Waals surface area contributed by atoms with Crippen LogP contribution in [0.25, 0.3) is 0 Å². The van der Waals surface area contributed by atoms with E-state index in [2.05, 4.69) is 21.9 Å². The lowest BCUT2D eigenvalue weighted by atomic mass is 10.1. The van der Waals surface area contributed by atoms with E-state index in [0.717, 1.165) is 61.2 Å². The minimum Gasteiger partial charge on any atom is -0.491 e. The van der Waals surface area contributed by atoms with Gasteiger partial charge in [0.2, 0.25) is 0 Å². The Morgan fingerprint density at radius 2 is 1.43 bits per heavy atom. The van der Waals surface area contributed by atoms with Crippen molar-refractivity contribution in [3.63, 3.8) is 0 Å². The van der Waals surface area contributed by atoms with Gasteiger partial charge < -0.3 is 33.0 Å².